The lowest BCUT2D eigenvalue weighted by Crippen LogP contribution is -2.35. The average molecular weight is 257 g/mol. The van der Waals surface area contributed by atoms with E-state index in [-0.39, 0.29) is 11.8 Å². The van der Waals surface area contributed by atoms with Crippen molar-refractivity contribution in [3.63, 3.8) is 0 Å². The van der Waals surface area contributed by atoms with Crippen LogP contribution in [0.2, 0.25) is 0 Å². The second kappa shape index (κ2) is 9.34. The molecule has 0 unspecified atom stereocenters. The molecule has 1 amide bonds. The Hall–Kier alpha value is -0.610. The van der Waals surface area contributed by atoms with Gasteiger partial charge < -0.3 is 14.8 Å². The fourth-order valence-electron chi connectivity index (χ4n) is 2.28. The van der Waals surface area contributed by atoms with Gasteiger partial charge in [0.1, 0.15) is 0 Å². The Morgan fingerprint density at radius 2 is 1.78 bits per heavy atom. The summed E-state index contributed by atoms with van der Waals surface area (Å²) < 4.78 is 10.5. The van der Waals surface area contributed by atoms with Gasteiger partial charge in [-0.25, -0.2) is 0 Å². The highest BCUT2D eigenvalue weighted by Gasteiger charge is 2.23. The van der Waals surface area contributed by atoms with E-state index < -0.39 is 0 Å². The topological polar surface area (TPSA) is 47.6 Å². The van der Waals surface area contributed by atoms with Crippen LogP contribution in [0.15, 0.2) is 0 Å². The molecule has 1 aliphatic rings. The molecular weight excluding hydrogens is 230 g/mol. The molecule has 0 spiro atoms. The number of ether oxygens (including phenoxy) is 2. The van der Waals surface area contributed by atoms with Crippen molar-refractivity contribution in [2.45, 2.75) is 39.5 Å². The molecule has 1 fully saturated rings. The van der Waals surface area contributed by atoms with Crippen LogP contribution in [0, 0.1) is 11.8 Å². The Balaban J connectivity index is 1.96. The third kappa shape index (κ3) is 6.36. The van der Waals surface area contributed by atoms with Gasteiger partial charge in [-0.05, 0) is 38.5 Å². The van der Waals surface area contributed by atoms with Crippen molar-refractivity contribution in [2.24, 2.45) is 11.8 Å². The van der Waals surface area contributed by atoms with Crippen molar-refractivity contribution < 1.29 is 14.3 Å². The van der Waals surface area contributed by atoms with Crippen LogP contribution in [0.1, 0.15) is 39.5 Å². The summed E-state index contributed by atoms with van der Waals surface area (Å²) in [6.07, 6.45) is 4.45. The van der Waals surface area contributed by atoms with E-state index in [1.54, 1.807) is 0 Å². The largest absolute Gasteiger partial charge is 0.379 e. The maximum absolute atomic E-state index is 11.8. The first-order valence-corrected chi connectivity index (χ1v) is 7.17. The molecule has 0 aromatic rings. The van der Waals surface area contributed by atoms with Crippen LogP contribution in [0.25, 0.3) is 0 Å². The maximum Gasteiger partial charge on any atom is 0.223 e. The van der Waals surface area contributed by atoms with Gasteiger partial charge in [-0.2, -0.15) is 0 Å². The molecule has 1 N–H and O–H groups in total. The summed E-state index contributed by atoms with van der Waals surface area (Å²) in [4.78, 5) is 11.8. The molecule has 0 aromatic carbocycles. The van der Waals surface area contributed by atoms with Gasteiger partial charge in [0, 0.05) is 19.1 Å². The minimum atomic E-state index is 0.204. The van der Waals surface area contributed by atoms with Crippen molar-refractivity contribution in [3.8, 4) is 0 Å². The Labute approximate surface area is 110 Å². The van der Waals surface area contributed by atoms with Crippen LogP contribution in [0.5, 0.6) is 0 Å². The first-order chi connectivity index (χ1) is 8.74. The third-order valence-corrected chi connectivity index (χ3v) is 3.51. The fraction of sp³-hybridized carbons (Fsp3) is 0.929. The highest BCUT2D eigenvalue weighted by atomic mass is 16.5. The van der Waals surface area contributed by atoms with Crippen LogP contribution in [-0.4, -0.2) is 38.9 Å². The molecule has 4 heteroatoms. The molecule has 106 valence electrons. The molecule has 0 atom stereocenters. The van der Waals surface area contributed by atoms with Crippen molar-refractivity contribution in [2.75, 3.05) is 33.0 Å². The van der Waals surface area contributed by atoms with Crippen LogP contribution in [0.4, 0.5) is 0 Å². The van der Waals surface area contributed by atoms with Gasteiger partial charge in [-0.15, -0.1) is 0 Å². The second-order valence-electron chi connectivity index (χ2n) is 5.06. The van der Waals surface area contributed by atoms with E-state index in [2.05, 4.69) is 12.2 Å². The van der Waals surface area contributed by atoms with E-state index in [4.69, 9.17) is 9.47 Å². The van der Waals surface area contributed by atoms with E-state index in [9.17, 15) is 4.79 Å². The lowest BCUT2D eigenvalue weighted by atomic mass is 9.82. The molecule has 4 nitrogen and oxygen atoms in total. The van der Waals surface area contributed by atoms with Crippen molar-refractivity contribution in [3.05, 3.63) is 0 Å². The zero-order valence-corrected chi connectivity index (χ0v) is 11.7. The van der Waals surface area contributed by atoms with E-state index >= 15 is 0 Å². The zero-order chi connectivity index (χ0) is 13.2. The van der Waals surface area contributed by atoms with Crippen LogP contribution >= 0.6 is 0 Å². The zero-order valence-electron chi connectivity index (χ0n) is 11.7. The summed E-state index contributed by atoms with van der Waals surface area (Å²) >= 11 is 0. The lowest BCUT2D eigenvalue weighted by Gasteiger charge is -2.25. The number of carbonyl (C=O) groups is 1. The first kappa shape index (κ1) is 15.4. The predicted molar refractivity (Wildman–Crippen MR) is 71.4 cm³/mol. The Bertz CT molecular complexity index is 225. The van der Waals surface area contributed by atoms with Gasteiger partial charge >= 0.3 is 0 Å². The number of rotatable bonds is 8. The van der Waals surface area contributed by atoms with Gasteiger partial charge in [-0.3, -0.25) is 4.79 Å². The van der Waals surface area contributed by atoms with Crippen LogP contribution < -0.4 is 5.32 Å². The quantitative estimate of drug-likeness (QED) is 0.676. The monoisotopic (exact) mass is 257 g/mol. The van der Waals surface area contributed by atoms with E-state index in [1.165, 1.54) is 12.8 Å². The van der Waals surface area contributed by atoms with Gasteiger partial charge in [0.25, 0.3) is 0 Å². The molecule has 0 heterocycles. The molecule has 0 saturated heterocycles. The van der Waals surface area contributed by atoms with Gasteiger partial charge in [0.2, 0.25) is 5.91 Å². The number of amides is 1. The summed E-state index contributed by atoms with van der Waals surface area (Å²) in [6.45, 7) is 7.36. The molecule has 0 aliphatic heterocycles. The van der Waals surface area contributed by atoms with Gasteiger partial charge in [0.15, 0.2) is 0 Å². The van der Waals surface area contributed by atoms with Crippen LogP contribution in [-0.2, 0) is 14.3 Å². The fourth-order valence-corrected chi connectivity index (χ4v) is 2.28. The smallest absolute Gasteiger partial charge is 0.223 e. The Morgan fingerprint density at radius 1 is 1.11 bits per heavy atom. The minimum absolute atomic E-state index is 0.204. The molecule has 1 saturated carbocycles. The molecule has 18 heavy (non-hydrogen) atoms. The number of nitrogens with one attached hydrogen (secondary N) is 1. The summed E-state index contributed by atoms with van der Waals surface area (Å²) in [7, 11) is 0. The normalized spacial score (nSPS) is 23.9. The molecule has 0 aromatic heterocycles. The van der Waals surface area contributed by atoms with Crippen LogP contribution in [0.3, 0.4) is 0 Å². The number of hydrogen-bond acceptors (Lipinski definition) is 3. The Morgan fingerprint density at radius 3 is 2.44 bits per heavy atom. The first-order valence-electron chi connectivity index (χ1n) is 7.17. The number of carbonyl (C=O) groups excluding carboxylic acids is 1. The summed E-state index contributed by atoms with van der Waals surface area (Å²) in [5.74, 6) is 1.22. The summed E-state index contributed by atoms with van der Waals surface area (Å²) in [5, 5.41) is 2.95. The van der Waals surface area contributed by atoms with E-state index in [1.807, 2.05) is 6.92 Å². The van der Waals surface area contributed by atoms with Crippen molar-refractivity contribution in [1.29, 1.82) is 0 Å². The number of hydrogen-bond donors (Lipinski definition) is 1. The van der Waals surface area contributed by atoms with E-state index in [0.717, 1.165) is 25.4 Å². The standard InChI is InChI=1S/C14H27NO3/c1-3-17-10-11-18-9-8-15-14(16)13-6-4-12(2)5-7-13/h12-13H,3-11H2,1-2H3,(H,15,16). The van der Waals surface area contributed by atoms with Crippen molar-refractivity contribution in [1.82, 2.24) is 5.32 Å². The Kier molecular flexibility index (Phi) is 8.01. The SMILES string of the molecule is CCOCCOCCNC(=O)C1CCC(C)CC1. The summed E-state index contributed by atoms with van der Waals surface area (Å²) in [6, 6.07) is 0. The predicted octanol–water partition coefficient (Wildman–Crippen LogP) is 1.98. The summed E-state index contributed by atoms with van der Waals surface area (Å²) in [5.41, 5.74) is 0. The highest BCUT2D eigenvalue weighted by Crippen LogP contribution is 2.28. The molecule has 1 rings (SSSR count). The minimum Gasteiger partial charge on any atom is -0.379 e. The maximum atomic E-state index is 11.8. The van der Waals surface area contributed by atoms with Gasteiger partial charge in [0.05, 0.1) is 19.8 Å². The molecule has 1 aliphatic carbocycles. The molecular formula is C14H27NO3. The van der Waals surface area contributed by atoms with Crippen molar-refractivity contribution >= 4 is 5.91 Å². The molecule has 0 bridgehead atoms. The second-order valence-corrected chi connectivity index (χ2v) is 5.06. The molecule has 0 radical (unpaired) electrons. The lowest BCUT2D eigenvalue weighted by molar-refractivity contribution is -0.126. The van der Waals surface area contributed by atoms with E-state index in [0.29, 0.717) is 26.4 Å². The average Bonchev–Trinajstić information content (AvgIpc) is 2.38. The highest BCUT2D eigenvalue weighted by molar-refractivity contribution is 5.78. The third-order valence-electron chi connectivity index (χ3n) is 3.51. The van der Waals surface area contributed by atoms with Gasteiger partial charge in [-0.1, -0.05) is 6.92 Å².